The first-order valence-electron chi connectivity index (χ1n) is 12.8. The van der Waals surface area contributed by atoms with Gasteiger partial charge in [-0.1, -0.05) is 0 Å². The molecule has 4 aliphatic rings. The van der Waals surface area contributed by atoms with Gasteiger partial charge in [-0.3, -0.25) is 9.78 Å². The fourth-order valence-electron chi connectivity index (χ4n) is 5.80. The van der Waals surface area contributed by atoms with Crippen molar-refractivity contribution in [3.63, 3.8) is 0 Å². The molecule has 2 bridgehead atoms. The molecule has 2 saturated heterocycles. The molecule has 10 nitrogen and oxygen atoms in total. The molecule has 1 saturated carbocycles. The van der Waals surface area contributed by atoms with Crippen molar-refractivity contribution < 1.29 is 28.1 Å². The van der Waals surface area contributed by atoms with Gasteiger partial charge in [0, 0.05) is 37.2 Å². The molecule has 0 aromatic carbocycles. The largest absolute Gasteiger partial charge is 0.481 e. The Labute approximate surface area is 231 Å². The van der Waals surface area contributed by atoms with Crippen molar-refractivity contribution in [3.05, 3.63) is 47.5 Å². The van der Waals surface area contributed by atoms with Gasteiger partial charge in [-0.15, -0.1) is 12.4 Å². The van der Waals surface area contributed by atoms with Crippen molar-refractivity contribution in [1.29, 1.82) is 0 Å². The summed E-state index contributed by atoms with van der Waals surface area (Å²) in [4.78, 5) is 24.8. The number of aromatic nitrogens is 3. The third-order valence-corrected chi connectivity index (χ3v) is 8.08. The number of ether oxygens (including phenoxy) is 4. The summed E-state index contributed by atoms with van der Waals surface area (Å²) in [6, 6.07) is 7.22. The number of amides is 1. The molecule has 12 heteroatoms. The van der Waals surface area contributed by atoms with Crippen LogP contribution in [0.4, 0.5) is 10.2 Å². The van der Waals surface area contributed by atoms with E-state index < -0.39 is 11.4 Å². The lowest BCUT2D eigenvalue weighted by Gasteiger charge is -2.55. The Morgan fingerprint density at radius 3 is 2.69 bits per heavy atom. The molecular formula is C27H31ClFN5O5. The third-order valence-electron chi connectivity index (χ3n) is 8.08. The van der Waals surface area contributed by atoms with Crippen molar-refractivity contribution >= 4 is 35.2 Å². The maximum absolute atomic E-state index is 15.0. The van der Waals surface area contributed by atoms with Gasteiger partial charge in [0.25, 0.3) is 5.91 Å². The molecule has 39 heavy (non-hydrogen) atoms. The van der Waals surface area contributed by atoms with E-state index in [9.17, 15) is 4.79 Å². The van der Waals surface area contributed by atoms with Crippen LogP contribution >= 0.6 is 12.4 Å². The van der Waals surface area contributed by atoms with E-state index in [1.165, 1.54) is 13.3 Å². The van der Waals surface area contributed by atoms with Crippen molar-refractivity contribution in [2.24, 2.45) is 0 Å². The average molecular weight is 560 g/mol. The summed E-state index contributed by atoms with van der Waals surface area (Å²) >= 11 is 0. The molecule has 7 rings (SSSR count). The minimum absolute atomic E-state index is 0. The first-order chi connectivity index (χ1) is 18.4. The Bertz CT molecular complexity index is 1370. The second-order valence-corrected chi connectivity index (χ2v) is 10.2. The van der Waals surface area contributed by atoms with E-state index in [1.54, 1.807) is 19.2 Å². The van der Waals surface area contributed by atoms with Gasteiger partial charge < -0.3 is 29.6 Å². The molecule has 2 N–H and O–H groups in total. The van der Waals surface area contributed by atoms with E-state index >= 15 is 4.39 Å². The molecule has 3 aromatic rings. The predicted octanol–water partition coefficient (Wildman–Crippen LogP) is 3.35. The summed E-state index contributed by atoms with van der Waals surface area (Å²) in [5.74, 6) is 0.807. The molecule has 1 aliphatic carbocycles. The number of anilines is 1. The maximum atomic E-state index is 15.0. The Kier molecular flexibility index (Phi) is 7.60. The Balaban J connectivity index is 0.00000308. The molecule has 1 atom stereocenters. The van der Waals surface area contributed by atoms with Crippen molar-refractivity contribution in [2.75, 3.05) is 32.8 Å². The van der Waals surface area contributed by atoms with Crippen LogP contribution in [-0.2, 0) is 27.2 Å². The molecule has 3 fully saturated rings. The lowest BCUT2D eigenvalue weighted by atomic mass is 9.68. The fourth-order valence-corrected chi connectivity index (χ4v) is 5.80. The lowest BCUT2D eigenvalue weighted by Crippen LogP contribution is -2.65. The Hall–Kier alpha value is -3.12. The molecule has 6 heterocycles. The van der Waals surface area contributed by atoms with Crippen LogP contribution in [0.5, 0.6) is 11.6 Å². The quantitative estimate of drug-likeness (QED) is 0.428. The van der Waals surface area contributed by atoms with E-state index in [0.717, 1.165) is 31.4 Å². The van der Waals surface area contributed by atoms with E-state index in [1.807, 2.05) is 12.1 Å². The minimum Gasteiger partial charge on any atom is -0.481 e. The summed E-state index contributed by atoms with van der Waals surface area (Å²) in [6.45, 7) is 1.06. The van der Waals surface area contributed by atoms with E-state index in [4.69, 9.17) is 18.9 Å². The van der Waals surface area contributed by atoms with Crippen LogP contribution in [0.25, 0.3) is 11.0 Å². The number of halogens is 2. The topological polar surface area (TPSA) is 117 Å². The molecule has 0 radical (unpaired) electrons. The average Bonchev–Trinajstić information content (AvgIpc) is 2.96. The highest BCUT2D eigenvalue weighted by Crippen LogP contribution is 2.47. The summed E-state index contributed by atoms with van der Waals surface area (Å²) in [5, 5.41) is 6.40. The summed E-state index contributed by atoms with van der Waals surface area (Å²) in [6.07, 6.45) is 4.55. The highest BCUT2D eigenvalue weighted by molar-refractivity contribution is 5.94. The zero-order valence-corrected chi connectivity index (χ0v) is 22.6. The predicted molar refractivity (Wildman–Crippen MR) is 143 cm³/mol. The van der Waals surface area contributed by atoms with Gasteiger partial charge in [-0.2, -0.15) is 0 Å². The first-order valence-corrected chi connectivity index (χ1v) is 12.8. The van der Waals surface area contributed by atoms with Crippen molar-refractivity contribution in [1.82, 2.24) is 20.3 Å². The smallest absolute Gasteiger partial charge is 0.263 e. The van der Waals surface area contributed by atoms with Crippen LogP contribution in [0.1, 0.15) is 36.9 Å². The van der Waals surface area contributed by atoms with E-state index in [-0.39, 0.29) is 36.6 Å². The van der Waals surface area contributed by atoms with Gasteiger partial charge in [0.05, 0.1) is 48.3 Å². The zero-order valence-electron chi connectivity index (χ0n) is 21.8. The van der Waals surface area contributed by atoms with Crippen LogP contribution < -0.4 is 20.1 Å². The number of fused-ring (bicyclic) bond motifs is 5. The molecular weight excluding hydrogens is 529 g/mol. The summed E-state index contributed by atoms with van der Waals surface area (Å²) < 4.78 is 38.1. The van der Waals surface area contributed by atoms with Crippen LogP contribution in [0.15, 0.2) is 30.5 Å². The standard InChI is InChI=1S/C27H30FN5O5.ClH/c1-35-21(11-17-18(28)13-29-19-4-6-23(36-2)33-24(17)19)27-9-7-26(8-10-27,15-38-27)30-12-16-3-5-20-25(31-16)32-22(34)14-37-20;/h3-6,13,21,30H,7-12,14-15H2,1-2H3,(H,31,32,34);1H. The number of carbonyl (C=O) groups excluding carboxylic acids is 1. The number of nitrogens with one attached hydrogen (secondary N) is 2. The van der Waals surface area contributed by atoms with Gasteiger partial charge >= 0.3 is 0 Å². The Morgan fingerprint density at radius 1 is 1.15 bits per heavy atom. The molecule has 1 unspecified atom stereocenters. The maximum Gasteiger partial charge on any atom is 0.263 e. The van der Waals surface area contributed by atoms with Gasteiger partial charge in [0.2, 0.25) is 5.88 Å². The minimum atomic E-state index is -0.509. The van der Waals surface area contributed by atoms with E-state index in [0.29, 0.717) is 53.6 Å². The number of carbonyl (C=O) groups is 1. The Morgan fingerprint density at radius 2 is 1.97 bits per heavy atom. The zero-order chi connectivity index (χ0) is 26.3. The molecule has 3 aliphatic heterocycles. The monoisotopic (exact) mass is 559 g/mol. The van der Waals surface area contributed by atoms with Crippen LogP contribution in [0, 0.1) is 5.82 Å². The van der Waals surface area contributed by atoms with Gasteiger partial charge in [0.1, 0.15) is 5.82 Å². The summed E-state index contributed by atoms with van der Waals surface area (Å²) in [7, 11) is 3.18. The SMILES string of the molecule is COc1ccc2ncc(F)c(CC(OC)C34CCC(NCc5ccc6c(n5)NC(=O)CO6)(CC3)CO4)c2n1.Cl. The third kappa shape index (κ3) is 5.11. The van der Waals surface area contributed by atoms with Gasteiger partial charge in [0.15, 0.2) is 18.2 Å². The van der Waals surface area contributed by atoms with Gasteiger partial charge in [-0.05, 0) is 43.9 Å². The second kappa shape index (κ2) is 10.8. The number of hydrogen-bond acceptors (Lipinski definition) is 9. The first kappa shape index (κ1) is 27.4. The fraction of sp³-hybridized carbons (Fsp3) is 0.481. The second-order valence-electron chi connectivity index (χ2n) is 10.2. The van der Waals surface area contributed by atoms with Crippen molar-refractivity contribution in [2.45, 2.75) is 55.9 Å². The summed E-state index contributed by atoms with van der Waals surface area (Å²) in [5.41, 5.74) is 1.65. The number of methoxy groups -OCH3 is 2. The highest BCUT2D eigenvalue weighted by Gasteiger charge is 2.53. The molecule has 1 amide bonds. The lowest BCUT2D eigenvalue weighted by molar-refractivity contribution is -0.214. The van der Waals surface area contributed by atoms with Gasteiger partial charge in [-0.25, -0.2) is 14.4 Å². The molecule has 208 valence electrons. The number of pyridine rings is 3. The van der Waals surface area contributed by atoms with Crippen LogP contribution in [0.3, 0.4) is 0 Å². The van der Waals surface area contributed by atoms with Crippen molar-refractivity contribution in [3.8, 4) is 11.6 Å². The number of nitrogens with zero attached hydrogens (tertiary/aromatic N) is 3. The molecule has 3 aromatic heterocycles. The van der Waals surface area contributed by atoms with E-state index in [2.05, 4.69) is 25.6 Å². The van der Waals surface area contributed by atoms with Crippen LogP contribution in [0.2, 0.25) is 0 Å². The number of hydrogen-bond donors (Lipinski definition) is 2. The highest BCUT2D eigenvalue weighted by atomic mass is 35.5. The molecule has 0 spiro atoms. The normalized spacial score (nSPS) is 24.3. The number of rotatable bonds is 8. The van der Waals surface area contributed by atoms with Crippen LogP contribution in [-0.4, -0.2) is 65.5 Å².